The molecule has 1 aromatic heterocycles. The van der Waals surface area contributed by atoms with Crippen LogP contribution >= 0.6 is 0 Å². The SMILES string of the molecule is C#C[C@H](N)COC(C)CC(=O)N1CCN(c2ncc(C3CC3)cn2)CC1. The lowest BCUT2D eigenvalue weighted by Crippen LogP contribution is -2.49. The number of hydrogen-bond donors (Lipinski definition) is 1. The molecule has 3 rings (SSSR count). The van der Waals surface area contributed by atoms with Crippen LogP contribution in [0.2, 0.25) is 0 Å². The second-order valence-corrected chi connectivity index (χ2v) is 7.08. The molecule has 7 heteroatoms. The molecule has 2 heterocycles. The van der Waals surface area contributed by atoms with Crippen LogP contribution in [0, 0.1) is 12.3 Å². The molecule has 2 N–H and O–H groups in total. The van der Waals surface area contributed by atoms with Gasteiger partial charge in [-0.2, -0.15) is 0 Å². The van der Waals surface area contributed by atoms with Gasteiger partial charge in [-0.05, 0) is 31.2 Å². The largest absolute Gasteiger partial charge is 0.375 e. The summed E-state index contributed by atoms with van der Waals surface area (Å²) in [6.07, 6.45) is 11.7. The summed E-state index contributed by atoms with van der Waals surface area (Å²) in [5.41, 5.74) is 6.86. The fourth-order valence-electron chi connectivity index (χ4n) is 3.03. The Morgan fingerprint density at radius 3 is 2.58 bits per heavy atom. The van der Waals surface area contributed by atoms with Crippen molar-refractivity contribution in [1.82, 2.24) is 14.9 Å². The van der Waals surface area contributed by atoms with Gasteiger partial charge in [0.2, 0.25) is 11.9 Å². The molecule has 1 amide bonds. The normalized spacial score (nSPS) is 19.7. The topological polar surface area (TPSA) is 84.6 Å². The molecule has 1 saturated heterocycles. The number of nitrogens with zero attached hydrogens (tertiary/aromatic N) is 4. The highest BCUT2D eigenvalue weighted by Gasteiger charge is 2.26. The number of carbonyl (C=O) groups excluding carboxylic acids is 1. The van der Waals surface area contributed by atoms with Gasteiger partial charge in [-0.1, -0.05) is 5.92 Å². The van der Waals surface area contributed by atoms with Crippen LogP contribution in [0.15, 0.2) is 12.4 Å². The van der Waals surface area contributed by atoms with E-state index < -0.39 is 6.04 Å². The highest BCUT2D eigenvalue weighted by Crippen LogP contribution is 2.39. The van der Waals surface area contributed by atoms with Crippen molar-refractivity contribution in [2.45, 2.75) is 44.2 Å². The van der Waals surface area contributed by atoms with Gasteiger partial charge in [0.05, 0.1) is 25.2 Å². The van der Waals surface area contributed by atoms with Crippen molar-refractivity contribution in [1.29, 1.82) is 0 Å². The molecule has 0 bridgehead atoms. The van der Waals surface area contributed by atoms with Gasteiger partial charge < -0.3 is 20.3 Å². The van der Waals surface area contributed by atoms with Crippen LogP contribution in [0.1, 0.15) is 37.7 Å². The van der Waals surface area contributed by atoms with Gasteiger partial charge in [-0.3, -0.25) is 4.79 Å². The third-order valence-corrected chi connectivity index (χ3v) is 4.86. The van der Waals surface area contributed by atoms with E-state index in [0.29, 0.717) is 25.4 Å². The van der Waals surface area contributed by atoms with E-state index >= 15 is 0 Å². The Balaban J connectivity index is 1.42. The average Bonchev–Trinajstić information content (AvgIpc) is 3.51. The lowest BCUT2D eigenvalue weighted by Gasteiger charge is -2.35. The molecule has 1 unspecified atom stereocenters. The Hall–Kier alpha value is -2.17. The van der Waals surface area contributed by atoms with E-state index in [1.165, 1.54) is 18.4 Å². The summed E-state index contributed by atoms with van der Waals surface area (Å²) in [6, 6.07) is -0.428. The Labute approximate surface area is 154 Å². The van der Waals surface area contributed by atoms with Crippen molar-refractivity contribution in [3.63, 3.8) is 0 Å². The predicted octanol–water partition coefficient (Wildman–Crippen LogP) is 0.758. The first-order valence-corrected chi connectivity index (χ1v) is 9.24. The molecule has 26 heavy (non-hydrogen) atoms. The van der Waals surface area contributed by atoms with Crippen LogP contribution in [0.5, 0.6) is 0 Å². The van der Waals surface area contributed by atoms with Gasteiger partial charge in [-0.15, -0.1) is 6.42 Å². The van der Waals surface area contributed by atoms with E-state index in [9.17, 15) is 4.79 Å². The van der Waals surface area contributed by atoms with Gasteiger partial charge in [0.15, 0.2) is 0 Å². The van der Waals surface area contributed by atoms with Crippen molar-refractivity contribution < 1.29 is 9.53 Å². The molecule has 0 radical (unpaired) electrons. The van der Waals surface area contributed by atoms with Crippen LogP contribution in [0.4, 0.5) is 5.95 Å². The first-order valence-electron chi connectivity index (χ1n) is 9.24. The quantitative estimate of drug-likeness (QED) is 0.725. The van der Waals surface area contributed by atoms with E-state index in [1.54, 1.807) is 0 Å². The minimum atomic E-state index is -0.428. The molecule has 1 aliphatic heterocycles. The molecule has 1 saturated carbocycles. The minimum absolute atomic E-state index is 0.0939. The Morgan fingerprint density at radius 2 is 2.00 bits per heavy atom. The number of terminal acetylenes is 1. The molecule has 0 spiro atoms. The lowest BCUT2D eigenvalue weighted by molar-refractivity contribution is -0.134. The van der Waals surface area contributed by atoms with Crippen molar-refractivity contribution in [3.8, 4) is 12.3 Å². The molecule has 1 aliphatic carbocycles. The molecule has 2 atom stereocenters. The number of amides is 1. The van der Waals surface area contributed by atoms with Crippen LogP contribution in [-0.2, 0) is 9.53 Å². The van der Waals surface area contributed by atoms with E-state index in [1.807, 2.05) is 24.2 Å². The van der Waals surface area contributed by atoms with E-state index in [0.717, 1.165) is 19.0 Å². The molecule has 1 aromatic rings. The molecular formula is C19H27N5O2. The third kappa shape index (κ3) is 4.93. The summed E-state index contributed by atoms with van der Waals surface area (Å²) in [5, 5.41) is 0. The van der Waals surface area contributed by atoms with Crippen molar-refractivity contribution >= 4 is 11.9 Å². The fraction of sp³-hybridized carbons (Fsp3) is 0.632. The van der Waals surface area contributed by atoms with Crippen LogP contribution in [-0.4, -0.2) is 65.7 Å². The minimum Gasteiger partial charge on any atom is -0.375 e. The maximum atomic E-state index is 12.4. The van der Waals surface area contributed by atoms with Gasteiger partial charge in [-0.25, -0.2) is 9.97 Å². The second-order valence-electron chi connectivity index (χ2n) is 7.08. The lowest BCUT2D eigenvalue weighted by atomic mass is 10.2. The zero-order chi connectivity index (χ0) is 18.5. The number of anilines is 1. The zero-order valence-electron chi connectivity index (χ0n) is 15.3. The molecule has 2 aliphatic rings. The van der Waals surface area contributed by atoms with Crippen molar-refractivity contribution in [3.05, 3.63) is 18.0 Å². The van der Waals surface area contributed by atoms with E-state index in [4.69, 9.17) is 16.9 Å². The Bertz CT molecular complexity index is 645. The number of nitrogens with two attached hydrogens (primary N) is 1. The molecule has 140 valence electrons. The summed E-state index contributed by atoms with van der Waals surface area (Å²) >= 11 is 0. The number of carbonyl (C=O) groups is 1. The summed E-state index contributed by atoms with van der Waals surface area (Å²) in [4.78, 5) is 25.4. The van der Waals surface area contributed by atoms with Crippen molar-refractivity contribution in [2.24, 2.45) is 5.73 Å². The first kappa shape index (κ1) is 18.6. The number of hydrogen-bond acceptors (Lipinski definition) is 6. The number of aromatic nitrogens is 2. The number of ether oxygens (including phenoxy) is 1. The monoisotopic (exact) mass is 357 g/mol. The number of piperazine rings is 1. The van der Waals surface area contributed by atoms with E-state index in [2.05, 4.69) is 20.8 Å². The highest BCUT2D eigenvalue weighted by atomic mass is 16.5. The van der Waals surface area contributed by atoms with Crippen molar-refractivity contribution in [2.75, 3.05) is 37.7 Å². The zero-order valence-corrected chi connectivity index (χ0v) is 15.3. The fourth-order valence-corrected chi connectivity index (χ4v) is 3.03. The smallest absolute Gasteiger partial charge is 0.225 e. The summed E-state index contributed by atoms with van der Waals surface area (Å²) in [5.74, 6) is 3.92. The average molecular weight is 357 g/mol. The molecule has 0 aromatic carbocycles. The van der Waals surface area contributed by atoms with Gasteiger partial charge in [0.25, 0.3) is 0 Å². The van der Waals surface area contributed by atoms with Gasteiger partial charge in [0.1, 0.15) is 0 Å². The van der Waals surface area contributed by atoms with Crippen LogP contribution in [0.3, 0.4) is 0 Å². The Morgan fingerprint density at radius 1 is 1.35 bits per heavy atom. The molecule has 2 fully saturated rings. The van der Waals surface area contributed by atoms with Gasteiger partial charge in [0, 0.05) is 38.6 Å². The van der Waals surface area contributed by atoms with E-state index in [-0.39, 0.29) is 18.6 Å². The van der Waals surface area contributed by atoms with Gasteiger partial charge >= 0.3 is 0 Å². The second kappa shape index (κ2) is 8.47. The first-order chi connectivity index (χ1) is 12.6. The van der Waals surface area contributed by atoms with Crippen LogP contribution in [0.25, 0.3) is 0 Å². The van der Waals surface area contributed by atoms with Crippen LogP contribution < -0.4 is 10.6 Å². The summed E-state index contributed by atoms with van der Waals surface area (Å²) in [7, 11) is 0. The molecule has 7 nitrogen and oxygen atoms in total. The summed E-state index contributed by atoms with van der Waals surface area (Å²) in [6.45, 7) is 4.96. The highest BCUT2D eigenvalue weighted by molar-refractivity contribution is 5.77. The predicted molar refractivity (Wildman–Crippen MR) is 99.6 cm³/mol. The number of rotatable bonds is 7. The standard InChI is InChI=1S/C19H27N5O2/c1-3-17(20)13-26-14(2)10-18(25)23-6-8-24(9-7-23)19-21-11-16(12-22-19)15-4-5-15/h1,11-12,14-15,17H,4-10,13,20H2,2H3/t14?,17-/m0/s1. The maximum absolute atomic E-state index is 12.4. The Kier molecular flexibility index (Phi) is 6.07. The summed E-state index contributed by atoms with van der Waals surface area (Å²) < 4.78 is 5.54. The molecular weight excluding hydrogens is 330 g/mol. The maximum Gasteiger partial charge on any atom is 0.225 e. The third-order valence-electron chi connectivity index (χ3n) is 4.86.